The predicted octanol–water partition coefficient (Wildman–Crippen LogP) is 1.41. The van der Waals surface area contributed by atoms with Gasteiger partial charge in [-0.2, -0.15) is 0 Å². The van der Waals surface area contributed by atoms with Crippen LogP contribution in [0.2, 0.25) is 0 Å². The molecular formula is C14H19N3O4. The zero-order valence-corrected chi connectivity index (χ0v) is 12.1. The Hall–Kier alpha value is -2.15. The summed E-state index contributed by atoms with van der Waals surface area (Å²) in [6.07, 6.45) is 0.847. The van der Waals surface area contributed by atoms with Gasteiger partial charge in [-0.05, 0) is 31.9 Å². The van der Waals surface area contributed by atoms with Crippen molar-refractivity contribution < 1.29 is 14.5 Å². The molecule has 2 unspecified atom stereocenters. The lowest BCUT2D eigenvalue weighted by Crippen LogP contribution is -2.34. The molecule has 2 N–H and O–H groups in total. The molecular weight excluding hydrogens is 274 g/mol. The molecule has 1 fully saturated rings. The SMILES string of the molecule is COc1c(C(=O)N2CC(CN)CC2C)cccc1[N+](=O)[O-]. The third-order valence-corrected chi connectivity index (χ3v) is 3.88. The van der Waals surface area contributed by atoms with Crippen LogP contribution < -0.4 is 10.5 Å². The van der Waals surface area contributed by atoms with E-state index in [2.05, 4.69) is 0 Å². The highest BCUT2D eigenvalue weighted by molar-refractivity contribution is 5.98. The highest BCUT2D eigenvalue weighted by Gasteiger charge is 2.34. The molecule has 0 radical (unpaired) electrons. The number of rotatable bonds is 4. The van der Waals surface area contributed by atoms with Gasteiger partial charge >= 0.3 is 5.69 Å². The van der Waals surface area contributed by atoms with Gasteiger partial charge in [-0.3, -0.25) is 14.9 Å². The minimum Gasteiger partial charge on any atom is -0.490 e. The molecule has 0 spiro atoms. The first-order valence-corrected chi connectivity index (χ1v) is 6.82. The second-order valence-corrected chi connectivity index (χ2v) is 5.26. The Balaban J connectivity index is 2.36. The van der Waals surface area contributed by atoms with Gasteiger partial charge in [0.15, 0.2) is 0 Å². The average molecular weight is 293 g/mol. The van der Waals surface area contributed by atoms with E-state index in [0.717, 1.165) is 6.42 Å². The summed E-state index contributed by atoms with van der Waals surface area (Å²) < 4.78 is 5.09. The Labute approximate surface area is 122 Å². The molecule has 1 heterocycles. The van der Waals surface area contributed by atoms with Crippen molar-refractivity contribution in [2.24, 2.45) is 11.7 Å². The van der Waals surface area contributed by atoms with E-state index in [4.69, 9.17) is 10.5 Å². The third kappa shape index (κ3) is 2.82. The number of amides is 1. The van der Waals surface area contributed by atoms with Crippen molar-refractivity contribution in [1.82, 2.24) is 4.90 Å². The molecule has 1 aromatic carbocycles. The van der Waals surface area contributed by atoms with Gasteiger partial charge in [0.25, 0.3) is 5.91 Å². The normalized spacial score (nSPS) is 21.4. The van der Waals surface area contributed by atoms with Crippen molar-refractivity contribution in [2.45, 2.75) is 19.4 Å². The Morgan fingerprint density at radius 2 is 2.29 bits per heavy atom. The second kappa shape index (κ2) is 6.09. The van der Waals surface area contributed by atoms with Gasteiger partial charge in [-0.15, -0.1) is 0 Å². The van der Waals surface area contributed by atoms with Crippen LogP contribution in [0.25, 0.3) is 0 Å². The number of carbonyl (C=O) groups excluding carboxylic acids is 1. The summed E-state index contributed by atoms with van der Waals surface area (Å²) in [5.41, 5.74) is 5.68. The quantitative estimate of drug-likeness (QED) is 0.668. The number of para-hydroxylation sites is 1. The van der Waals surface area contributed by atoms with E-state index in [0.29, 0.717) is 13.1 Å². The van der Waals surface area contributed by atoms with Crippen LogP contribution in [0, 0.1) is 16.0 Å². The van der Waals surface area contributed by atoms with Crippen molar-refractivity contribution in [3.05, 3.63) is 33.9 Å². The largest absolute Gasteiger partial charge is 0.490 e. The van der Waals surface area contributed by atoms with E-state index in [1.54, 1.807) is 11.0 Å². The first-order chi connectivity index (χ1) is 9.99. The fourth-order valence-corrected chi connectivity index (χ4v) is 2.80. The number of carbonyl (C=O) groups is 1. The lowest BCUT2D eigenvalue weighted by atomic mass is 10.1. The van der Waals surface area contributed by atoms with E-state index in [1.165, 1.54) is 19.2 Å². The standard InChI is InChI=1S/C14H19N3O4/c1-9-6-10(7-15)8-16(9)14(18)11-4-3-5-12(17(19)20)13(11)21-2/h3-5,9-10H,6-8,15H2,1-2H3. The number of likely N-dealkylation sites (tertiary alicyclic amines) is 1. The predicted molar refractivity (Wildman–Crippen MR) is 77.3 cm³/mol. The van der Waals surface area contributed by atoms with Crippen LogP contribution in [-0.2, 0) is 0 Å². The second-order valence-electron chi connectivity index (χ2n) is 5.26. The number of nitrogens with two attached hydrogens (primary N) is 1. The smallest absolute Gasteiger partial charge is 0.311 e. The molecule has 114 valence electrons. The average Bonchev–Trinajstić information content (AvgIpc) is 2.86. The highest BCUT2D eigenvalue weighted by atomic mass is 16.6. The zero-order valence-electron chi connectivity index (χ0n) is 12.1. The monoisotopic (exact) mass is 293 g/mol. The lowest BCUT2D eigenvalue weighted by Gasteiger charge is -2.22. The maximum absolute atomic E-state index is 12.7. The lowest BCUT2D eigenvalue weighted by molar-refractivity contribution is -0.385. The molecule has 0 aliphatic carbocycles. The fourth-order valence-electron chi connectivity index (χ4n) is 2.80. The molecule has 1 aliphatic heterocycles. The third-order valence-electron chi connectivity index (χ3n) is 3.88. The number of nitro groups is 1. The van der Waals surface area contributed by atoms with E-state index in [9.17, 15) is 14.9 Å². The van der Waals surface area contributed by atoms with Gasteiger partial charge in [-0.1, -0.05) is 6.07 Å². The minimum absolute atomic E-state index is 0.0101. The van der Waals surface area contributed by atoms with E-state index >= 15 is 0 Å². The summed E-state index contributed by atoms with van der Waals surface area (Å²) in [7, 11) is 1.33. The molecule has 2 atom stereocenters. The number of hydrogen-bond donors (Lipinski definition) is 1. The van der Waals surface area contributed by atoms with Gasteiger partial charge in [0.2, 0.25) is 5.75 Å². The maximum atomic E-state index is 12.7. The molecule has 1 amide bonds. The molecule has 1 aliphatic rings. The van der Waals surface area contributed by atoms with Crippen molar-refractivity contribution >= 4 is 11.6 Å². The Kier molecular flexibility index (Phi) is 4.42. The summed E-state index contributed by atoms with van der Waals surface area (Å²) in [6, 6.07) is 4.44. The molecule has 7 nitrogen and oxygen atoms in total. The molecule has 21 heavy (non-hydrogen) atoms. The van der Waals surface area contributed by atoms with Gasteiger partial charge in [0.05, 0.1) is 17.6 Å². The van der Waals surface area contributed by atoms with Crippen molar-refractivity contribution in [3.63, 3.8) is 0 Å². The van der Waals surface area contributed by atoms with Crippen LogP contribution in [0.15, 0.2) is 18.2 Å². The molecule has 0 saturated carbocycles. The summed E-state index contributed by atoms with van der Waals surface area (Å²) >= 11 is 0. The van der Waals surface area contributed by atoms with Crippen LogP contribution in [-0.4, -0.2) is 42.0 Å². The van der Waals surface area contributed by atoms with Crippen LogP contribution >= 0.6 is 0 Å². The van der Waals surface area contributed by atoms with Crippen molar-refractivity contribution in [3.8, 4) is 5.75 Å². The first-order valence-electron chi connectivity index (χ1n) is 6.82. The minimum atomic E-state index is -0.550. The van der Waals surface area contributed by atoms with Gasteiger partial charge < -0.3 is 15.4 Å². The number of benzene rings is 1. The zero-order chi connectivity index (χ0) is 15.6. The molecule has 0 bridgehead atoms. The molecule has 2 rings (SSSR count). The van der Waals surface area contributed by atoms with Crippen molar-refractivity contribution in [2.75, 3.05) is 20.2 Å². The number of nitrogens with zero attached hydrogens (tertiary/aromatic N) is 2. The van der Waals surface area contributed by atoms with E-state index in [-0.39, 0.29) is 34.9 Å². The van der Waals surface area contributed by atoms with Gasteiger partial charge in [-0.25, -0.2) is 0 Å². The molecule has 1 aromatic rings. The number of hydrogen-bond acceptors (Lipinski definition) is 5. The summed E-state index contributed by atoms with van der Waals surface area (Å²) in [5.74, 6) is 0.0311. The first kappa shape index (κ1) is 15.2. The van der Waals surface area contributed by atoms with Crippen LogP contribution in [0.3, 0.4) is 0 Å². The molecule has 0 aromatic heterocycles. The molecule has 1 saturated heterocycles. The van der Waals surface area contributed by atoms with E-state index < -0.39 is 4.92 Å². The number of nitro benzene ring substituents is 1. The van der Waals surface area contributed by atoms with Crippen molar-refractivity contribution in [1.29, 1.82) is 0 Å². The Bertz CT molecular complexity index is 561. The van der Waals surface area contributed by atoms with E-state index in [1.807, 2.05) is 6.92 Å². The van der Waals surface area contributed by atoms with Crippen LogP contribution in [0.1, 0.15) is 23.7 Å². The fraction of sp³-hybridized carbons (Fsp3) is 0.500. The van der Waals surface area contributed by atoms with Gasteiger partial charge in [0.1, 0.15) is 0 Å². The van der Waals surface area contributed by atoms with Crippen LogP contribution in [0.4, 0.5) is 5.69 Å². The summed E-state index contributed by atoms with van der Waals surface area (Å²) in [5, 5.41) is 11.0. The van der Waals surface area contributed by atoms with Gasteiger partial charge in [0, 0.05) is 18.7 Å². The highest BCUT2D eigenvalue weighted by Crippen LogP contribution is 2.33. The molecule has 7 heteroatoms. The Morgan fingerprint density at radius 1 is 1.57 bits per heavy atom. The maximum Gasteiger partial charge on any atom is 0.311 e. The topological polar surface area (TPSA) is 98.7 Å². The number of ether oxygens (including phenoxy) is 1. The van der Waals surface area contributed by atoms with Crippen LogP contribution in [0.5, 0.6) is 5.75 Å². The summed E-state index contributed by atoms with van der Waals surface area (Å²) in [6.45, 7) is 3.06. The Morgan fingerprint density at radius 3 is 2.81 bits per heavy atom. The number of methoxy groups -OCH3 is 1. The summed E-state index contributed by atoms with van der Waals surface area (Å²) in [4.78, 5) is 24.8.